The molecule has 3 aromatic rings. The zero-order chi connectivity index (χ0) is 25.8. The van der Waals surface area contributed by atoms with Crippen molar-refractivity contribution in [3.05, 3.63) is 93.5 Å². The SMILES string of the molecule is Cc1ncc(C(=O)NC(C)c2cccc(Cl)c2)c(C2CCN(C(=O)Cc3c(F)cccc3F)CC2)n1. The summed E-state index contributed by atoms with van der Waals surface area (Å²) in [5.74, 6) is -1.56. The second kappa shape index (κ2) is 11.1. The van der Waals surface area contributed by atoms with Gasteiger partial charge in [0.2, 0.25) is 5.91 Å². The van der Waals surface area contributed by atoms with Gasteiger partial charge in [0.1, 0.15) is 17.5 Å². The third-order valence-corrected chi connectivity index (χ3v) is 6.74. The molecule has 1 atom stereocenters. The second-order valence-electron chi connectivity index (χ2n) is 9.00. The summed E-state index contributed by atoms with van der Waals surface area (Å²) in [4.78, 5) is 36.3. The number of aryl methyl sites for hydroxylation is 1. The topological polar surface area (TPSA) is 75.2 Å². The van der Waals surface area contributed by atoms with Crippen LogP contribution in [0.15, 0.2) is 48.7 Å². The molecule has 188 valence electrons. The highest BCUT2D eigenvalue weighted by atomic mass is 35.5. The van der Waals surface area contributed by atoms with E-state index in [1.165, 1.54) is 12.3 Å². The van der Waals surface area contributed by atoms with Crippen molar-refractivity contribution < 1.29 is 18.4 Å². The summed E-state index contributed by atoms with van der Waals surface area (Å²) in [7, 11) is 0. The van der Waals surface area contributed by atoms with Gasteiger partial charge in [-0.25, -0.2) is 18.7 Å². The molecule has 0 aliphatic carbocycles. The lowest BCUT2D eigenvalue weighted by Gasteiger charge is -2.32. The van der Waals surface area contributed by atoms with E-state index >= 15 is 0 Å². The van der Waals surface area contributed by atoms with Gasteiger partial charge in [0, 0.05) is 35.8 Å². The van der Waals surface area contributed by atoms with Gasteiger partial charge in [-0.15, -0.1) is 0 Å². The molecule has 1 N–H and O–H groups in total. The maximum absolute atomic E-state index is 14.0. The Balaban J connectivity index is 1.44. The van der Waals surface area contributed by atoms with Gasteiger partial charge in [-0.1, -0.05) is 29.8 Å². The van der Waals surface area contributed by atoms with E-state index in [-0.39, 0.29) is 35.8 Å². The Morgan fingerprint density at radius 3 is 2.47 bits per heavy atom. The standard InChI is InChI=1S/C27H27ClF2N4O2/c1-16(19-5-3-6-20(28)13-19)32-27(36)22-15-31-17(2)33-26(22)18-9-11-34(12-10-18)25(35)14-21-23(29)7-4-8-24(21)30/h3-8,13,15-16,18H,9-12,14H2,1-2H3,(H,32,36). The van der Waals surface area contributed by atoms with E-state index in [4.69, 9.17) is 11.6 Å². The third kappa shape index (κ3) is 5.87. The summed E-state index contributed by atoms with van der Waals surface area (Å²) in [6, 6.07) is 10.6. The van der Waals surface area contributed by atoms with E-state index in [0.717, 1.165) is 17.7 Å². The quantitative estimate of drug-likeness (QED) is 0.495. The van der Waals surface area contributed by atoms with E-state index in [9.17, 15) is 18.4 Å². The molecule has 1 aromatic heterocycles. The molecular formula is C27H27ClF2N4O2. The molecule has 0 bridgehead atoms. The maximum Gasteiger partial charge on any atom is 0.255 e. The van der Waals surface area contributed by atoms with Crippen LogP contribution < -0.4 is 5.32 Å². The number of halogens is 3. The Bertz CT molecular complexity index is 1260. The second-order valence-corrected chi connectivity index (χ2v) is 9.43. The fourth-order valence-corrected chi connectivity index (χ4v) is 4.67. The number of hydrogen-bond acceptors (Lipinski definition) is 4. The first kappa shape index (κ1) is 25.7. The third-order valence-electron chi connectivity index (χ3n) is 6.50. The van der Waals surface area contributed by atoms with Gasteiger partial charge in [-0.2, -0.15) is 0 Å². The van der Waals surface area contributed by atoms with Crippen LogP contribution in [0, 0.1) is 18.6 Å². The van der Waals surface area contributed by atoms with E-state index in [0.29, 0.717) is 48.0 Å². The van der Waals surface area contributed by atoms with Crippen LogP contribution in [0.2, 0.25) is 5.02 Å². The van der Waals surface area contributed by atoms with Crippen molar-refractivity contribution >= 4 is 23.4 Å². The number of aromatic nitrogens is 2. The number of nitrogens with one attached hydrogen (secondary N) is 1. The summed E-state index contributed by atoms with van der Waals surface area (Å²) in [5, 5.41) is 3.58. The number of amides is 2. The first-order valence-electron chi connectivity index (χ1n) is 11.8. The Morgan fingerprint density at radius 2 is 1.81 bits per heavy atom. The smallest absolute Gasteiger partial charge is 0.255 e. The zero-order valence-electron chi connectivity index (χ0n) is 20.1. The number of benzene rings is 2. The van der Waals surface area contributed by atoms with Crippen LogP contribution in [0.1, 0.15) is 64.7 Å². The maximum atomic E-state index is 14.0. The summed E-state index contributed by atoms with van der Waals surface area (Å²) in [6.45, 7) is 4.45. The van der Waals surface area contributed by atoms with E-state index in [1.54, 1.807) is 24.0 Å². The number of rotatable bonds is 6. The van der Waals surface area contributed by atoms with Crippen molar-refractivity contribution in [2.75, 3.05) is 13.1 Å². The molecule has 4 rings (SSSR count). The highest BCUT2D eigenvalue weighted by Gasteiger charge is 2.29. The monoisotopic (exact) mass is 512 g/mol. The lowest BCUT2D eigenvalue weighted by molar-refractivity contribution is -0.131. The van der Waals surface area contributed by atoms with Gasteiger partial charge in [-0.05, 0) is 56.5 Å². The summed E-state index contributed by atoms with van der Waals surface area (Å²) >= 11 is 6.08. The zero-order valence-corrected chi connectivity index (χ0v) is 20.9. The summed E-state index contributed by atoms with van der Waals surface area (Å²) in [6.07, 6.45) is 2.36. The fourth-order valence-electron chi connectivity index (χ4n) is 4.47. The number of carbonyl (C=O) groups excluding carboxylic acids is 2. The molecule has 1 fully saturated rings. The average molecular weight is 513 g/mol. The summed E-state index contributed by atoms with van der Waals surface area (Å²) < 4.78 is 27.9. The van der Waals surface area contributed by atoms with E-state index in [1.807, 2.05) is 19.1 Å². The molecule has 6 nitrogen and oxygen atoms in total. The minimum absolute atomic E-state index is 0.0526. The van der Waals surface area contributed by atoms with Crippen molar-refractivity contribution in [2.45, 2.75) is 45.1 Å². The molecule has 1 aliphatic rings. The molecule has 1 aliphatic heterocycles. The molecule has 2 heterocycles. The minimum Gasteiger partial charge on any atom is -0.345 e. The lowest BCUT2D eigenvalue weighted by atomic mass is 9.90. The average Bonchev–Trinajstić information content (AvgIpc) is 2.86. The highest BCUT2D eigenvalue weighted by Crippen LogP contribution is 2.30. The molecule has 9 heteroatoms. The van der Waals surface area contributed by atoms with E-state index in [2.05, 4.69) is 15.3 Å². The van der Waals surface area contributed by atoms with E-state index < -0.39 is 11.6 Å². The number of piperidine rings is 1. The minimum atomic E-state index is -0.725. The molecule has 0 radical (unpaired) electrons. The van der Waals surface area contributed by atoms with Crippen LogP contribution in [0.25, 0.3) is 0 Å². The number of carbonyl (C=O) groups is 2. The van der Waals surface area contributed by atoms with Crippen LogP contribution in [0.3, 0.4) is 0 Å². The molecule has 0 spiro atoms. The number of nitrogens with zero attached hydrogens (tertiary/aromatic N) is 3. The summed E-state index contributed by atoms with van der Waals surface area (Å²) in [5.41, 5.74) is 1.70. The molecule has 36 heavy (non-hydrogen) atoms. The van der Waals surface area contributed by atoms with Crippen LogP contribution in [-0.4, -0.2) is 39.8 Å². The number of likely N-dealkylation sites (tertiary alicyclic amines) is 1. The van der Waals surface area contributed by atoms with Gasteiger partial charge in [0.15, 0.2) is 0 Å². The molecule has 1 unspecified atom stereocenters. The predicted molar refractivity (Wildman–Crippen MR) is 133 cm³/mol. The number of hydrogen-bond donors (Lipinski definition) is 1. The molecule has 2 amide bonds. The van der Waals surface area contributed by atoms with Gasteiger partial charge in [0.05, 0.1) is 23.7 Å². The largest absolute Gasteiger partial charge is 0.345 e. The fraction of sp³-hybridized carbons (Fsp3) is 0.333. The van der Waals surface area contributed by atoms with Gasteiger partial charge in [0.25, 0.3) is 5.91 Å². The first-order chi connectivity index (χ1) is 17.2. The normalized spacial score (nSPS) is 15.0. The Kier molecular flexibility index (Phi) is 7.94. The van der Waals surface area contributed by atoms with Crippen molar-refractivity contribution in [1.29, 1.82) is 0 Å². The molecular weight excluding hydrogens is 486 g/mol. The van der Waals surface area contributed by atoms with Gasteiger partial charge in [-0.3, -0.25) is 9.59 Å². The van der Waals surface area contributed by atoms with Crippen molar-refractivity contribution in [3.63, 3.8) is 0 Å². The predicted octanol–water partition coefficient (Wildman–Crippen LogP) is 5.16. The van der Waals surface area contributed by atoms with Crippen molar-refractivity contribution in [1.82, 2.24) is 20.2 Å². The lowest BCUT2D eigenvalue weighted by Crippen LogP contribution is -2.39. The van der Waals surface area contributed by atoms with Crippen LogP contribution in [0.4, 0.5) is 8.78 Å². The molecule has 0 saturated carbocycles. The Hall–Kier alpha value is -3.39. The van der Waals surface area contributed by atoms with Crippen LogP contribution in [0.5, 0.6) is 0 Å². The molecule has 2 aromatic carbocycles. The highest BCUT2D eigenvalue weighted by molar-refractivity contribution is 6.30. The van der Waals surface area contributed by atoms with Crippen molar-refractivity contribution in [2.24, 2.45) is 0 Å². The Labute approximate surface area is 213 Å². The first-order valence-corrected chi connectivity index (χ1v) is 12.2. The van der Waals surface area contributed by atoms with Crippen LogP contribution in [-0.2, 0) is 11.2 Å². The molecule has 1 saturated heterocycles. The van der Waals surface area contributed by atoms with Crippen LogP contribution >= 0.6 is 11.6 Å². The van der Waals surface area contributed by atoms with Crippen molar-refractivity contribution in [3.8, 4) is 0 Å². The van der Waals surface area contributed by atoms with Gasteiger partial charge >= 0.3 is 0 Å². The van der Waals surface area contributed by atoms with Gasteiger partial charge < -0.3 is 10.2 Å². The Morgan fingerprint density at radius 1 is 1.14 bits per heavy atom.